The van der Waals surface area contributed by atoms with Crippen molar-refractivity contribution in [3.05, 3.63) is 43.3 Å². The Labute approximate surface area is 82.4 Å². The first-order valence-corrected chi connectivity index (χ1v) is 4.12. The van der Waals surface area contributed by atoms with Crippen LogP contribution < -0.4 is 22.5 Å². The molecule has 7 nitrogen and oxygen atoms in total. The SMILES string of the molecule is Cn1c(=O)cc2[nH]c(=O)cc(N)n2c1=O. The van der Waals surface area contributed by atoms with Crippen LogP contribution >= 0.6 is 0 Å². The Morgan fingerprint density at radius 1 is 1.27 bits per heavy atom. The fraction of sp³-hybridized carbons (Fsp3) is 0.125. The molecule has 2 aromatic heterocycles. The number of rotatable bonds is 0. The van der Waals surface area contributed by atoms with Gasteiger partial charge >= 0.3 is 5.69 Å². The van der Waals surface area contributed by atoms with Crippen molar-refractivity contribution in [1.82, 2.24) is 14.0 Å². The monoisotopic (exact) mass is 208 g/mol. The van der Waals surface area contributed by atoms with Crippen LogP contribution in [-0.2, 0) is 7.05 Å². The lowest BCUT2D eigenvalue weighted by Gasteiger charge is -2.04. The highest BCUT2D eigenvalue weighted by molar-refractivity contribution is 5.44. The molecule has 78 valence electrons. The maximum Gasteiger partial charge on any atom is 0.338 e. The van der Waals surface area contributed by atoms with E-state index in [-0.39, 0.29) is 11.5 Å². The first kappa shape index (κ1) is 9.25. The maximum absolute atomic E-state index is 11.6. The van der Waals surface area contributed by atoms with Gasteiger partial charge in [0.1, 0.15) is 11.5 Å². The molecule has 0 unspecified atom stereocenters. The van der Waals surface area contributed by atoms with E-state index in [1.165, 1.54) is 7.05 Å². The van der Waals surface area contributed by atoms with E-state index in [4.69, 9.17) is 5.73 Å². The van der Waals surface area contributed by atoms with Crippen LogP contribution in [0.5, 0.6) is 0 Å². The Kier molecular flexibility index (Phi) is 1.75. The fourth-order valence-corrected chi connectivity index (χ4v) is 1.33. The molecule has 0 aliphatic rings. The average molecular weight is 208 g/mol. The number of aromatic amines is 1. The highest BCUT2D eigenvalue weighted by atomic mass is 16.2. The summed E-state index contributed by atoms with van der Waals surface area (Å²) in [6.45, 7) is 0. The zero-order chi connectivity index (χ0) is 11.2. The first-order chi connectivity index (χ1) is 7.00. The highest BCUT2D eigenvalue weighted by Crippen LogP contribution is 1.95. The lowest BCUT2D eigenvalue weighted by Crippen LogP contribution is -2.36. The molecule has 15 heavy (non-hydrogen) atoms. The van der Waals surface area contributed by atoms with Crippen LogP contribution in [0.2, 0.25) is 0 Å². The van der Waals surface area contributed by atoms with Crippen LogP contribution in [-0.4, -0.2) is 14.0 Å². The summed E-state index contributed by atoms with van der Waals surface area (Å²) in [5.41, 5.74) is 4.05. The molecule has 0 aliphatic carbocycles. The molecular formula is C8H8N4O3. The van der Waals surface area contributed by atoms with Crippen LogP contribution in [0.3, 0.4) is 0 Å². The summed E-state index contributed by atoms with van der Waals surface area (Å²) in [5, 5.41) is 0. The van der Waals surface area contributed by atoms with E-state index >= 15 is 0 Å². The third kappa shape index (κ3) is 1.25. The van der Waals surface area contributed by atoms with E-state index in [0.717, 1.165) is 21.1 Å². The summed E-state index contributed by atoms with van der Waals surface area (Å²) in [6.07, 6.45) is 0. The molecule has 0 amide bonds. The molecule has 2 heterocycles. The molecule has 0 atom stereocenters. The molecule has 0 saturated carbocycles. The second kappa shape index (κ2) is 2.84. The van der Waals surface area contributed by atoms with Gasteiger partial charge in [0.25, 0.3) is 11.1 Å². The van der Waals surface area contributed by atoms with Crippen LogP contribution in [0.25, 0.3) is 5.65 Å². The van der Waals surface area contributed by atoms with Gasteiger partial charge in [-0.2, -0.15) is 0 Å². The second-order valence-electron chi connectivity index (χ2n) is 3.10. The predicted molar refractivity (Wildman–Crippen MR) is 53.9 cm³/mol. The van der Waals surface area contributed by atoms with Crippen molar-refractivity contribution < 1.29 is 0 Å². The summed E-state index contributed by atoms with van der Waals surface area (Å²) in [7, 11) is 1.33. The standard InChI is InChI=1S/C8H8N4O3/c1-11-7(14)3-5-10-6(13)2-4(9)12(5)8(11)15/h2-3H,9H2,1H3,(H,10,13). The van der Waals surface area contributed by atoms with E-state index in [9.17, 15) is 14.4 Å². The van der Waals surface area contributed by atoms with E-state index in [1.807, 2.05) is 0 Å². The topological polar surface area (TPSA) is 102 Å². The van der Waals surface area contributed by atoms with Gasteiger partial charge in [0.2, 0.25) is 0 Å². The minimum atomic E-state index is -0.591. The number of hydrogen-bond donors (Lipinski definition) is 2. The highest BCUT2D eigenvalue weighted by Gasteiger charge is 2.05. The minimum Gasteiger partial charge on any atom is -0.384 e. The smallest absolute Gasteiger partial charge is 0.338 e. The van der Waals surface area contributed by atoms with E-state index in [2.05, 4.69) is 4.98 Å². The Morgan fingerprint density at radius 3 is 2.60 bits per heavy atom. The van der Waals surface area contributed by atoms with Gasteiger partial charge in [-0.25, -0.2) is 9.20 Å². The third-order valence-electron chi connectivity index (χ3n) is 2.10. The van der Waals surface area contributed by atoms with Crippen molar-refractivity contribution in [2.24, 2.45) is 7.05 Å². The summed E-state index contributed by atoms with van der Waals surface area (Å²) in [5.74, 6) is -0.00523. The maximum atomic E-state index is 11.6. The van der Waals surface area contributed by atoms with E-state index in [1.54, 1.807) is 0 Å². The average Bonchev–Trinajstić information content (AvgIpc) is 2.13. The van der Waals surface area contributed by atoms with Crippen molar-refractivity contribution in [2.45, 2.75) is 0 Å². The van der Waals surface area contributed by atoms with Gasteiger partial charge in [-0.1, -0.05) is 0 Å². The summed E-state index contributed by atoms with van der Waals surface area (Å²) in [4.78, 5) is 36.3. The van der Waals surface area contributed by atoms with Crippen LogP contribution in [0.1, 0.15) is 0 Å². The van der Waals surface area contributed by atoms with Crippen molar-refractivity contribution >= 4 is 11.5 Å². The van der Waals surface area contributed by atoms with Crippen molar-refractivity contribution in [2.75, 3.05) is 5.73 Å². The second-order valence-corrected chi connectivity index (χ2v) is 3.10. The number of aromatic nitrogens is 3. The van der Waals surface area contributed by atoms with Crippen LogP contribution in [0.15, 0.2) is 26.5 Å². The zero-order valence-electron chi connectivity index (χ0n) is 7.85. The van der Waals surface area contributed by atoms with Crippen LogP contribution in [0.4, 0.5) is 5.82 Å². The minimum absolute atomic E-state index is 0.00523. The quantitative estimate of drug-likeness (QED) is 0.537. The van der Waals surface area contributed by atoms with E-state index < -0.39 is 16.8 Å². The molecule has 0 bridgehead atoms. The number of fused-ring (bicyclic) bond motifs is 1. The fourth-order valence-electron chi connectivity index (χ4n) is 1.33. The van der Waals surface area contributed by atoms with Gasteiger partial charge in [-0.05, 0) is 0 Å². The third-order valence-corrected chi connectivity index (χ3v) is 2.10. The molecule has 2 rings (SSSR count). The first-order valence-electron chi connectivity index (χ1n) is 4.12. The van der Waals surface area contributed by atoms with Gasteiger partial charge in [-0.3, -0.25) is 14.2 Å². The molecule has 0 radical (unpaired) electrons. The van der Waals surface area contributed by atoms with Gasteiger partial charge in [0.15, 0.2) is 0 Å². The molecular weight excluding hydrogens is 200 g/mol. The van der Waals surface area contributed by atoms with Crippen molar-refractivity contribution in [3.63, 3.8) is 0 Å². The Hall–Kier alpha value is -2.31. The normalized spacial score (nSPS) is 10.7. The molecule has 0 aromatic carbocycles. The number of nitrogens with one attached hydrogen (secondary N) is 1. The number of nitrogens with two attached hydrogens (primary N) is 1. The van der Waals surface area contributed by atoms with Gasteiger partial charge in [-0.15, -0.1) is 0 Å². The predicted octanol–water partition coefficient (Wildman–Crippen LogP) is -1.73. The van der Waals surface area contributed by atoms with Crippen molar-refractivity contribution in [1.29, 1.82) is 0 Å². The molecule has 0 fully saturated rings. The molecule has 7 heteroatoms. The lowest BCUT2D eigenvalue weighted by molar-refractivity contribution is 0.753. The van der Waals surface area contributed by atoms with Gasteiger partial charge in [0, 0.05) is 19.2 Å². The number of nitrogen functional groups attached to an aromatic ring is 1. The molecule has 0 aliphatic heterocycles. The Bertz CT molecular complexity index is 706. The molecule has 2 aromatic rings. The van der Waals surface area contributed by atoms with Crippen LogP contribution in [0, 0.1) is 0 Å². The number of anilines is 1. The lowest BCUT2D eigenvalue weighted by atomic mass is 10.5. The number of hydrogen-bond acceptors (Lipinski definition) is 4. The largest absolute Gasteiger partial charge is 0.384 e. The van der Waals surface area contributed by atoms with Crippen molar-refractivity contribution in [3.8, 4) is 0 Å². The molecule has 0 spiro atoms. The molecule has 3 N–H and O–H groups in total. The summed E-state index contributed by atoms with van der Waals surface area (Å²) in [6, 6.07) is 2.22. The number of nitrogens with zero attached hydrogens (tertiary/aromatic N) is 2. The zero-order valence-corrected chi connectivity index (χ0v) is 7.85. The van der Waals surface area contributed by atoms with Gasteiger partial charge in [0.05, 0.1) is 0 Å². The number of H-pyrrole nitrogens is 1. The molecule has 0 saturated heterocycles. The Morgan fingerprint density at radius 2 is 1.93 bits per heavy atom. The summed E-state index contributed by atoms with van der Waals surface area (Å²) < 4.78 is 1.96. The van der Waals surface area contributed by atoms with Gasteiger partial charge < -0.3 is 10.7 Å². The Balaban J connectivity index is 3.20. The van der Waals surface area contributed by atoms with E-state index in [0.29, 0.717) is 0 Å². The summed E-state index contributed by atoms with van der Waals surface area (Å²) >= 11 is 0.